The number of nitrogens with one attached hydrogen (secondary N) is 1. The molecule has 0 spiro atoms. The number of H-pyrrole nitrogens is 1. The van der Waals surface area contributed by atoms with Crippen LogP contribution in [0.1, 0.15) is 43.6 Å². The Morgan fingerprint density at radius 1 is 1.28 bits per heavy atom. The lowest BCUT2D eigenvalue weighted by molar-refractivity contribution is -0.133. The third kappa shape index (κ3) is 4.28. The first-order chi connectivity index (χ1) is 13.9. The molecule has 1 saturated carbocycles. The van der Waals surface area contributed by atoms with Crippen molar-refractivity contribution in [1.82, 2.24) is 20.0 Å². The SMILES string of the molecule is CC(C)C1CN(C(=O)c2cc(-c3ccc(O)cc3)n[nH]2)CCC(=O)N1CC1CC1. The Balaban J connectivity index is 1.52. The van der Waals surface area contributed by atoms with E-state index in [4.69, 9.17) is 0 Å². The number of hydrogen-bond acceptors (Lipinski definition) is 4. The number of benzene rings is 1. The highest BCUT2D eigenvalue weighted by Gasteiger charge is 2.37. The van der Waals surface area contributed by atoms with Crippen LogP contribution >= 0.6 is 0 Å². The van der Waals surface area contributed by atoms with Gasteiger partial charge in [0.1, 0.15) is 11.4 Å². The maximum absolute atomic E-state index is 13.2. The lowest BCUT2D eigenvalue weighted by atomic mass is 10.0. The molecule has 1 aromatic heterocycles. The highest BCUT2D eigenvalue weighted by Crippen LogP contribution is 2.32. The molecule has 2 aliphatic rings. The van der Waals surface area contributed by atoms with E-state index in [1.54, 1.807) is 35.2 Å². The zero-order valence-corrected chi connectivity index (χ0v) is 17.0. The fourth-order valence-corrected chi connectivity index (χ4v) is 3.93. The average Bonchev–Trinajstić information content (AvgIpc) is 3.42. The van der Waals surface area contributed by atoms with Gasteiger partial charge in [0.2, 0.25) is 5.91 Å². The minimum absolute atomic E-state index is 0.0361. The molecule has 29 heavy (non-hydrogen) atoms. The van der Waals surface area contributed by atoms with Crippen LogP contribution < -0.4 is 0 Å². The quantitative estimate of drug-likeness (QED) is 0.813. The smallest absolute Gasteiger partial charge is 0.271 e. The van der Waals surface area contributed by atoms with Gasteiger partial charge < -0.3 is 14.9 Å². The fraction of sp³-hybridized carbons (Fsp3) is 0.500. The molecule has 1 unspecified atom stereocenters. The molecule has 0 bridgehead atoms. The Labute approximate surface area is 170 Å². The van der Waals surface area contributed by atoms with Crippen molar-refractivity contribution in [3.05, 3.63) is 36.0 Å². The molecule has 7 heteroatoms. The van der Waals surface area contributed by atoms with Gasteiger partial charge in [-0.25, -0.2) is 0 Å². The Morgan fingerprint density at radius 2 is 2.00 bits per heavy atom. The maximum Gasteiger partial charge on any atom is 0.271 e. The van der Waals surface area contributed by atoms with Gasteiger partial charge in [-0.3, -0.25) is 14.7 Å². The fourth-order valence-electron chi connectivity index (χ4n) is 3.93. The van der Waals surface area contributed by atoms with Crippen LogP contribution in [0.15, 0.2) is 30.3 Å². The molecule has 1 aliphatic carbocycles. The third-order valence-corrected chi connectivity index (χ3v) is 5.90. The Morgan fingerprint density at radius 3 is 2.66 bits per heavy atom. The average molecular weight is 396 g/mol. The number of nitrogens with zero attached hydrogens (tertiary/aromatic N) is 3. The molecule has 1 saturated heterocycles. The molecule has 2 aromatic rings. The lowest BCUT2D eigenvalue weighted by Crippen LogP contribution is -2.48. The zero-order chi connectivity index (χ0) is 20.5. The summed E-state index contributed by atoms with van der Waals surface area (Å²) in [6.07, 6.45) is 2.76. The number of aromatic nitrogens is 2. The first-order valence-electron chi connectivity index (χ1n) is 10.4. The van der Waals surface area contributed by atoms with Crippen LogP contribution in [0, 0.1) is 11.8 Å². The number of carbonyl (C=O) groups excluding carboxylic acids is 2. The van der Waals surface area contributed by atoms with Crippen molar-refractivity contribution in [2.45, 2.75) is 39.2 Å². The van der Waals surface area contributed by atoms with E-state index in [9.17, 15) is 14.7 Å². The van der Waals surface area contributed by atoms with Gasteiger partial charge in [0.15, 0.2) is 0 Å². The molecule has 1 aromatic carbocycles. The van der Waals surface area contributed by atoms with Crippen LogP contribution in [-0.4, -0.2) is 62.6 Å². The molecule has 1 aliphatic heterocycles. The zero-order valence-electron chi connectivity index (χ0n) is 17.0. The topological polar surface area (TPSA) is 89.5 Å². The summed E-state index contributed by atoms with van der Waals surface area (Å²) < 4.78 is 0. The van der Waals surface area contributed by atoms with E-state index in [1.165, 1.54) is 12.8 Å². The normalized spacial score (nSPS) is 20.2. The van der Waals surface area contributed by atoms with E-state index in [0.29, 0.717) is 36.8 Å². The second-order valence-corrected chi connectivity index (χ2v) is 8.52. The standard InChI is InChI=1S/C22H28N4O3/c1-14(2)20-13-25(10-9-21(28)26(20)12-15-3-4-15)22(29)19-11-18(23-24-19)16-5-7-17(27)8-6-16/h5-8,11,14-15,20,27H,3-4,9-10,12-13H2,1-2H3,(H,23,24). The van der Waals surface area contributed by atoms with Crippen LogP contribution in [0.4, 0.5) is 0 Å². The van der Waals surface area contributed by atoms with Gasteiger partial charge in [-0.15, -0.1) is 0 Å². The second-order valence-electron chi connectivity index (χ2n) is 8.52. The molecule has 2 fully saturated rings. The monoisotopic (exact) mass is 396 g/mol. The molecule has 2 N–H and O–H groups in total. The minimum atomic E-state index is -0.130. The van der Waals surface area contributed by atoms with E-state index in [2.05, 4.69) is 24.0 Å². The van der Waals surface area contributed by atoms with Crippen molar-refractivity contribution in [3.63, 3.8) is 0 Å². The minimum Gasteiger partial charge on any atom is -0.508 e. The van der Waals surface area contributed by atoms with E-state index in [-0.39, 0.29) is 29.5 Å². The van der Waals surface area contributed by atoms with Crippen molar-refractivity contribution < 1.29 is 14.7 Å². The van der Waals surface area contributed by atoms with Crippen LogP contribution in [0.2, 0.25) is 0 Å². The first kappa shape index (κ1) is 19.5. The molecular formula is C22H28N4O3. The summed E-state index contributed by atoms with van der Waals surface area (Å²) in [5, 5.41) is 16.5. The van der Waals surface area contributed by atoms with E-state index in [0.717, 1.165) is 12.1 Å². The van der Waals surface area contributed by atoms with Gasteiger partial charge in [-0.2, -0.15) is 5.10 Å². The lowest BCUT2D eigenvalue weighted by Gasteiger charge is -2.34. The number of phenolic OH excluding ortho intramolecular Hbond substituents is 1. The van der Waals surface area contributed by atoms with Crippen molar-refractivity contribution in [3.8, 4) is 17.0 Å². The molecule has 0 radical (unpaired) electrons. The van der Waals surface area contributed by atoms with Gasteiger partial charge >= 0.3 is 0 Å². The number of amides is 2. The van der Waals surface area contributed by atoms with E-state index in [1.807, 2.05) is 4.90 Å². The van der Waals surface area contributed by atoms with Crippen molar-refractivity contribution >= 4 is 11.8 Å². The van der Waals surface area contributed by atoms with Gasteiger partial charge in [0.05, 0.1) is 11.7 Å². The summed E-state index contributed by atoms with van der Waals surface area (Å²) in [5.41, 5.74) is 1.88. The summed E-state index contributed by atoms with van der Waals surface area (Å²) in [6, 6.07) is 8.47. The van der Waals surface area contributed by atoms with Crippen LogP contribution in [0.5, 0.6) is 5.75 Å². The van der Waals surface area contributed by atoms with Gasteiger partial charge in [0, 0.05) is 31.6 Å². The molecule has 1 atom stereocenters. The van der Waals surface area contributed by atoms with Crippen LogP contribution in [0.3, 0.4) is 0 Å². The third-order valence-electron chi connectivity index (χ3n) is 5.90. The molecular weight excluding hydrogens is 368 g/mol. The van der Waals surface area contributed by atoms with Crippen molar-refractivity contribution in [2.75, 3.05) is 19.6 Å². The van der Waals surface area contributed by atoms with Gasteiger partial charge in [-0.05, 0) is 55.0 Å². The maximum atomic E-state index is 13.2. The van der Waals surface area contributed by atoms with Crippen molar-refractivity contribution in [2.24, 2.45) is 11.8 Å². The summed E-state index contributed by atoms with van der Waals surface area (Å²) in [4.78, 5) is 29.7. The predicted molar refractivity (Wildman–Crippen MR) is 109 cm³/mol. The van der Waals surface area contributed by atoms with Crippen LogP contribution in [0.25, 0.3) is 11.3 Å². The Bertz CT molecular complexity index is 886. The second kappa shape index (κ2) is 7.89. The Kier molecular flexibility index (Phi) is 5.30. The molecule has 2 amide bonds. The Hall–Kier alpha value is -2.83. The largest absolute Gasteiger partial charge is 0.508 e. The first-order valence-corrected chi connectivity index (χ1v) is 10.4. The summed E-state index contributed by atoms with van der Waals surface area (Å²) in [6.45, 7) is 6.02. The number of carbonyl (C=O) groups is 2. The van der Waals surface area contributed by atoms with Crippen molar-refractivity contribution in [1.29, 1.82) is 0 Å². The number of phenols is 1. The summed E-state index contributed by atoms with van der Waals surface area (Å²) in [7, 11) is 0. The highest BCUT2D eigenvalue weighted by molar-refractivity contribution is 5.94. The van der Waals surface area contributed by atoms with Gasteiger partial charge in [-0.1, -0.05) is 13.8 Å². The van der Waals surface area contributed by atoms with E-state index >= 15 is 0 Å². The molecule has 7 nitrogen and oxygen atoms in total. The number of aromatic hydroxyl groups is 1. The van der Waals surface area contributed by atoms with Crippen LogP contribution in [-0.2, 0) is 4.79 Å². The summed E-state index contributed by atoms with van der Waals surface area (Å²) in [5.74, 6) is 1.11. The number of rotatable bonds is 5. The predicted octanol–water partition coefficient (Wildman–Crippen LogP) is 2.89. The summed E-state index contributed by atoms with van der Waals surface area (Å²) >= 11 is 0. The van der Waals surface area contributed by atoms with E-state index < -0.39 is 0 Å². The number of hydrogen-bond donors (Lipinski definition) is 2. The number of aromatic amines is 1. The molecule has 154 valence electrons. The molecule has 2 heterocycles. The molecule has 4 rings (SSSR count). The van der Waals surface area contributed by atoms with Gasteiger partial charge in [0.25, 0.3) is 5.91 Å². The highest BCUT2D eigenvalue weighted by atomic mass is 16.3.